The molecule has 5 nitrogen and oxygen atoms in total. The van der Waals surface area contributed by atoms with Crippen LogP contribution in [0.3, 0.4) is 0 Å². The van der Waals surface area contributed by atoms with E-state index in [0.717, 1.165) is 50.8 Å². The first-order valence-corrected chi connectivity index (χ1v) is 26.5. The highest BCUT2D eigenvalue weighted by Gasteiger charge is 2.33. The van der Waals surface area contributed by atoms with Crippen LogP contribution < -0.4 is 9.80 Å². The number of hydrogen-bond donors (Lipinski definition) is 0. The molecule has 0 radical (unpaired) electrons. The fourth-order valence-corrected chi connectivity index (χ4v) is 11.9. The fourth-order valence-electron chi connectivity index (χ4n) is 11.9. The number of benzene rings is 8. The Morgan fingerprint density at radius 2 is 0.622 bits per heavy atom. The Morgan fingerprint density at radius 1 is 0.324 bits per heavy atom. The molecule has 0 aliphatic heterocycles. The smallest absolute Gasteiger partial charge is 0.146 e. The highest BCUT2D eigenvalue weighted by Crippen LogP contribution is 2.53. The van der Waals surface area contributed by atoms with Crippen molar-refractivity contribution in [1.29, 1.82) is 0 Å². The number of para-hydroxylation sites is 4. The molecule has 74 heavy (non-hydrogen) atoms. The lowest BCUT2D eigenvalue weighted by Gasteiger charge is -2.29. The van der Waals surface area contributed by atoms with Crippen LogP contribution in [0.1, 0.15) is 105 Å². The first-order chi connectivity index (χ1) is 35.3. The number of anilines is 6. The normalized spacial score (nSPS) is 13.1. The van der Waals surface area contributed by atoms with E-state index in [0.29, 0.717) is 0 Å². The van der Waals surface area contributed by atoms with E-state index in [-0.39, 0.29) is 21.7 Å². The minimum Gasteiger partial charge on any atom is -0.308 e. The van der Waals surface area contributed by atoms with Gasteiger partial charge < -0.3 is 14.2 Å². The Balaban J connectivity index is 1.26. The molecule has 0 atom stereocenters. The molecule has 0 saturated carbocycles. The predicted molar refractivity (Wildman–Crippen MR) is 318 cm³/mol. The Morgan fingerprint density at radius 3 is 0.986 bits per heavy atom. The van der Waals surface area contributed by atoms with Crippen LogP contribution in [-0.4, -0.2) is 13.8 Å². The van der Waals surface area contributed by atoms with E-state index in [1.165, 1.54) is 81.9 Å². The largest absolute Gasteiger partial charge is 0.308 e. The van der Waals surface area contributed by atoms with Crippen molar-refractivity contribution in [3.8, 4) is 0 Å². The molecule has 0 unspecified atom stereocenters. The number of rotatable bonds is 6. The topological polar surface area (TPSA) is 28.2 Å². The standard InChI is InChI=1S/C69H65N5/c1-66(2,3)42-33-50-52-35-44(68(7,8)9)39-56(71(46-25-17-13-18-26-46)47-27-19-14-20-28-47)63(52)73-58-41-70-65-60(59(58)54(37-42)61(50)73)55-38-43(67(4,5)6)34-51-53-36-45(69(10,11)12)40-57(64(53)74(65)62(51)55)72(48-29-21-15-22-30-48)49-31-23-16-24-32-49/h13-41H,1-12H3. The molecular weight excluding hydrogens is 899 g/mol. The molecule has 13 aromatic rings. The molecule has 0 amide bonds. The molecule has 13 rings (SSSR count). The molecule has 0 bridgehead atoms. The minimum absolute atomic E-state index is 0.117. The summed E-state index contributed by atoms with van der Waals surface area (Å²) in [6, 6.07) is 63.4. The van der Waals surface area contributed by atoms with Gasteiger partial charge in [-0.2, -0.15) is 0 Å². The lowest BCUT2D eigenvalue weighted by atomic mass is 9.83. The molecular formula is C69H65N5. The Bertz CT molecular complexity index is 3950. The number of fused-ring (bicyclic) bond motifs is 13. The van der Waals surface area contributed by atoms with Gasteiger partial charge in [-0.25, -0.2) is 4.98 Å². The third kappa shape index (κ3) is 6.85. The van der Waals surface area contributed by atoms with Gasteiger partial charge in [-0.05, 0) is 141 Å². The van der Waals surface area contributed by atoms with Crippen molar-refractivity contribution in [1.82, 2.24) is 13.8 Å². The van der Waals surface area contributed by atoms with Crippen LogP contribution in [0.25, 0.3) is 76.3 Å². The summed E-state index contributed by atoms with van der Waals surface area (Å²) in [6.07, 6.45) is 2.20. The first-order valence-electron chi connectivity index (χ1n) is 26.5. The zero-order chi connectivity index (χ0) is 51.4. The van der Waals surface area contributed by atoms with Crippen LogP contribution in [-0.2, 0) is 21.7 Å². The van der Waals surface area contributed by atoms with Gasteiger partial charge in [-0.1, -0.05) is 156 Å². The van der Waals surface area contributed by atoms with E-state index in [2.05, 4.69) is 278 Å². The number of aromatic nitrogens is 3. The molecule has 0 aliphatic carbocycles. The second kappa shape index (κ2) is 15.8. The van der Waals surface area contributed by atoms with Crippen molar-refractivity contribution in [2.24, 2.45) is 0 Å². The van der Waals surface area contributed by atoms with Crippen molar-refractivity contribution in [3.05, 3.63) is 198 Å². The summed E-state index contributed by atoms with van der Waals surface area (Å²) < 4.78 is 5.12. The molecule has 366 valence electrons. The number of pyridine rings is 1. The highest BCUT2D eigenvalue weighted by molar-refractivity contribution is 6.36. The molecule has 0 spiro atoms. The lowest BCUT2D eigenvalue weighted by molar-refractivity contribution is 0.591. The van der Waals surface area contributed by atoms with Crippen LogP contribution in [0.5, 0.6) is 0 Å². The molecule has 8 aromatic carbocycles. The van der Waals surface area contributed by atoms with Crippen LogP contribution in [0.4, 0.5) is 34.1 Å². The average Bonchev–Trinajstić information content (AvgIpc) is 4.15. The highest BCUT2D eigenvalue weighted by atomic mass is 15.2. The average molecular weight is 964 g/mol. The molecule has 0 saturated heterocycles. The second-order valence-electron chi connectivity index (χ2n) is 25.0. The van der Waals surface area contributed by atoms with Gasteiger partial charge in [0.2, 0.25) is 0 Å². The summed E-state index contributed by atoms with van der Waals surface area (Å²) in [7, 11) is 0. The summed E-state index contributed by atoms with van der Waals surface area (Å²) in [5.41, 5.74) is 18.4. The van der Waals surface area contributed by atoms with Gasteiger partial charge in [0.1, 0.15) is 5.65 Å². The maximum Gasteiger partial charge on any atom is 0.146 e. The Kier molecular flexibility index (Phi) is 9.81. The van der Waals surface area contributed by atoms with Gasteiger partial charge in [0.25, 0.3) is 0 Å². The first kappa shape index (κ1) is 45.9. The maximum absolute atomic E-state index is 5.79. The van der Waals surface area contributed by atoms with Crippen LogP contribution in [0.2, 0.25) is 0 Å². The van der Waals surface area contributed by atoms with Crippen LogP contribution in [0.15, 0.2) is 176 Å². The van der Waals surface area contributed by atoms with E-state index < -0.39 is 0 Å². The molecule has 5 aromatic heterocycles. The molecule has 0 N–H and O–H groups in total. The maximum atomic E-state index is 5.79. The quantitative estimate of drug-likeness (QED) is 0.166. The molecule has 5 heteroatoms. The monoisotopic (exact) mass is 964 g/mol. The van der Waals surface area contributed by atoms with Gasteiger partial charge >= 0.3 is 0 Å². The zero-order valence-electron chi connectivity index (χ0n) is 45.0. The van der Waals surface area contributed by atoms with Gasteiger partial charge in [0.15, 0.2) is 0 Å². The summed E-state index contributed by atoms with van der Waals surface area (Å²) in [6.45, 7) is 28.2. The van der Waals surface area contributed by atoms with E-state index in [4.69, 9.17) is 4.98 Å². The van der Waals surface area contributed by atoms with Crippen molar-refractivity contribution < 1.29 is 0 Å². The third-order valence-electron chi connectivity index (χ3n) is 15.9. The third-order valence-corrected chi connectivity index (χ3v) is 15.9. The van der Waals surface area contributed by atoms with Crippen LogP contribution >= 0.6 is 0 Å². The number of nitrogens with zero attached hydrogens (tertiary/aromatic N) is 5. The van der Waals surface area contributed by atoms with Crippen molar-refractivity contribution >= 4 is 110 Å². The van der Waals surface area contributed by atoms with Crippen LogP contribution in [0, 0.1) is 0 Å². The van der Waals surface area contributed by atoms with Crippen molar-refractivity contribution in [2.75, 3.05) is 9.80 Å². The summed E-state index contributed by atoms with van der Waals surface area (Å²) in [4.78, 5) is 10.7. The lowest BCUT2D eigenvalue weighted by Crippen LogP contribution is -2.15. The van der Waals surface area contributed by atoms with Crippen molar-refractivity contribution in [2.45, 2.75) is 105 Å². The number of hydrogen-bond acceptors (Lipinski definition) is 3. The summed E-state index contributed by atoms with van der Waals surface area (Å²) >= 11 is 0. The molecule has 5 heterocycles. The van der Waals surface area contributed by atoms with Gasteiger partial charge in [0, 0.05) is 65.8 Å². The van der Waals surface area contributed by atoms with E-state index in [9.17, 15) is 0 Å². The van der Waals surface area contributed by atoms with Gasteiger partial charge in [-0.3, -0.25) is 4.40 Å². The Labute approximate surface area is 435 Å². The van der Waals surface area contributed by atoms with E-state index >= 15 is 0 Å². The zero-order valence-corrected chi connectivity index (χ0v) is 45.0. The fraction of sp³-hybridized carbons (Fsp3) is 0.232. The minimum atomic E-state index is -0.128. The van der Waals surface area contributed by atoms with Gasteiger partial charge in [0.05, 0.1) is 45.2 Å². The van der Waals surface area contributed by atoms with Gasteiger partial charge in [-0.15, -0.1) is 0 Å². The van der Waals surface area contributed by atoms with E-state index in [1.807, 2.05) is 0 Å². The predicted octanol–water partition coefficient (Wildman–Crippen LogP) is 19.5. The second-order valence-corrected chi connectivity index (χ2v) is 25.0. The molecule has 0 fully saturated rings. The van der Waals surface area contributed by atoms with E-state index in [1.54, 1.807) is 0 Å². The molecule has 0 aliphatic rings. The van der Waals surface area contributed by atoms with Crippen molar-refractivity contribution in [3.63, 3.8) is 0 Å². The summed E-state index contributed by atoms with van der Waals surface area (Å²) in [5.74, 6) is 0. The SMILES string of the molecule is CC(C)(C)c1cc(N(c2ccccc2)c2ccccc2)c2c(c1)c1cc(C(C)(C)C)cc3c4c5c6cc(C(C)(C)C)cc7c8cc(C(C)(C)C)cc(N(c9ccccc9)c9ccccc9)c8n(c5ncc4n2c13)c76. The Hall–Kier alpha value is -7.89. The summed E-state index contributed by atoms with van der Waals surface area (Å²) in [5, 5.41) is 10.00.